The van der Waals surface area contributed by atoms with Crippen LogP contribution >= 0.6 is 0 Å². The number of hydrogen-bond acceptors (Lipinski definition) is 4. The summed E-state index contributed by atoms with van der Waals surface area (Å²) in [6.45, 7) is 0. The number of carboxylic acid groups (broad SMARTS) is 1. The van der Waals surface area contributed by atoms with Crippen LogP contribution in [0.3, 0.4) is 0 Å². The van der Waals surface area contributed by atoms with Crippen molar-refractivity contribution in [2.45, 2.75) is 56.7 Å². The number of aliphatic hydroxyl groups excluding tert-OH is 2. The van der Waals surface area contributed by atoms with E-state index in [0.717, 1.165) is 42.6 Å². The van der Waals surface area contributed by atoms with E-state index in [1.54, 1.807) is 29.0 Å². The number of carbonyl (C=O) groups is 1. The number of fused-ring (bicyclic) bond motifs is 1. The molecule has 207 valence electrons. The standard InChI is InChI=1S/C33H33FN2O4.Na/c34-26-13-15-27(16-14-26)36-31(18-17-28(37)20-29(38)21-32(39)40)30-8-4-7-25(33(30)35-36)19-22-9-11-24(12-10-22)23-5-2-1-3-6-23;/h1-3,5-6,9-18,25,28-29,37-38H,4,7-8,19-21H2,(H,39,40);. The monoisotopic (exact) mass is 563 g/mol. The third kappa shape index (κ3) is 7.82. The molecule has 4 aromatic rings. The number of aliphatic hydroxyl groups is 2. The van der Waals surface area contributed by atoms with Crippen LogP contribution in [-0.2, 0) is 17.6 Å². The summed E-state index contributed by atoms with van der Waals surface area (Å²) in [6, 6.07) is 25.1. The second kappa shape index (κ2) is 14.2. The molecule has 0 saturated heterocycles. The zero-order valence-corrected chi connectivity index (χ0v) is 25.2. The minimum absolute atomic E-state index is 0. The molecule has 3 unspecified atom stereocenters. The fraction of sp³-hybridized carbons (Fsp3) is 0.273. The van der Waals surface area contributed by atoms with Gasteiger partial charge in [0.25, 0.3) is 0 Å². The molecule has 1 heterocycles. The molecule has 41 heavy (non-hydrogen) atoms. The maximum atomic E-state index is 13.7. The number of benzene rings is 3. The number of hydrogen-bond donors (Lipinski definition) is 3. The van der Waals surface area contributed by atoms with Gasteiger partial charge in [-0.05, 0) is 72.7 Å². The minimum atomic E-state index is -1.15. The molecule has 3 atom stereocenters. The molecule has 0 saturated carbocycles. The van der Waals surface area contributed by atoms with Gasteiger partial charge >= 0.3 is 5.97 Å². The number of nitrogens with zero attached hydrogens (tertiary/aromatic N) is 2. The van der Waals surface area contributed by atoms with E-state index < -0.39 is 24.6 Å². The summed E-state index contributed by atoms with van der Waals surface area (Å²) in [7, 11) is 0. The molecule has 3 N–H and O–H groups in total. The Morgan fingerprint density at radius 2 is 1.68 bits per heavy atom. The molecule has 5 rings (SSSR count). The third-order valence-electron chi connectivity index (χ3n) is 7.43. The second-order valence-electron chi connectivity index (χ2n) is 10.4. The van der Waals surface area contributed by atoms with Crippen molar-refractivity contribution in [1.82, 2.24) is 9.78 Å². The van der Waals surface area contributed by atoms with E-state index in [-0.39, 0.29) is 47.7 Å². The fourth-order valence-corrected chi connectivity index (χ4v) is 5.47. The van der Waals surface area contributed by atoms with Crippen LogP contribution in [0.4, 0.5) is 4.39 Å². The van der Waals surface area contributed by atoms with Crippen LogP contribution in [0.15, 0.2) is 84.9 Å². The summed E-state index contributed by atoms with van der Waals surface area (Å²) in [6.07, 6.45) is 4.33. The van der Waals surface area contributed by atoms with E-state index in [1.807, 2.05) is 18.2 Å². The number of carboxylic acids is 1. The molecule has 0 bridgehead atoms. The van der Waals surface area contributed by atoms with Crippen molar-refractivity contribution in [3.63, 3.8) is 0 Å². The third-order valence-corrected chi connectivity index (χ3v) is 7.43. The van der Waals surface area contributed by atoms with Crippen molar-refractivity contribution < 1.29 is 24.5 Å². The Bertz CT molecular complexity index is 1470. The summed E-state index contributed by atoms with van der Waals surface area (Å²) >= 11 is 0. The Labute approximate surface area is 261 Å². The van der Waals surface area contributed by atoms with Gasteiger partial charge in [-0.1, -0.05) is 60.7 Å². The van der Waals surface area contributed by atoms with E-state index in [2.05, 4.69) is 36.4 Å². The van der Waals surface area contributed by atoms with E-state index in [4.69, 9.17) is 10.2 Å². The topological polar surface area (TPSA) is 95.6 Å². The van der Waals surface area contributed by atoms with Crippen LogP contribution in [0.1, 0.15) is 54.1 Å². The number of halogens is 1. The van der Waals surface area contributed by atoms with Gasteiger partial charge in [0.15, 0.2) is 0 Å². The maximum Gasteiger partial charge on any atom is 0.305 e. The van der Waals surface area contributed by atoms with Crippen molar-refractivity contribution >= 4 is 41.6 Å². The van der Waals surface area contributed by atoms with Gasteiger partial charge in [0.1, 0.15) is 5.82 Å². The van der Waals surface area contributed by atoms with Crippen molar-refractivity contribution in [2.24, 2.45) is 0 Å². The van der Waals surface area contributed by atoms with Gasteiger partial charge in [0, 0.05) is 47.5 Å². The predicted octanol–water partition coefficient (Wildman–Crippen LogP) is 5.56. The summed E-state index contributed by atoms with van der Waals surface area (Å²) in [5.74, 6) is -1.24. The van der Waals surface area contributed by atoms with Gasteiger partial charge in [0.05, 0.1) is 35.7 Å². The maximum absolute atomic E-state index is 13.7. The summed E-state index contributed by atoms with van der Waals surface area (Å²) < 4.78 is 15.5. The molecular formula is C33H33FN2NaO4. The second-order valence-corrected chi connectivity index (χ2v) is 10.4. The smallest absolute Gasteiger partial charge is 0.305 e. The Balaban J connectivity index is 0.00000387. The zero-order chi connectivity index (χ0) is 28.1. The van der Waals surface area contributed by atoms with Crippen molar-refractivity contribution in [2.75, 3.05) is 0 Å². The Morgan fingerprint density at radius 1 is 1.00 bits per heavy atom. The molecule has 3 aromatic carbocycles. The molecule has 0 amide bonds. The van der Waals surface area contributed by atoms with Crippen LogP contribution in [0.5, 0.6) is 0 Å². The first kappa shape index (κ1) is 30.9. The van der Waals surface area contributed by atoms with Gasteiger partial charge in [-0.3, -0.25) is 4.79 Å². The van der Waals surface area contributed by atoms with Gasteiger partial charge in [-0.25, -0.2) is 9.07 Å². The quantitative estimate of drug-likeness (QED) is 0.220. The normalized spacial score (nSPS) is 16.1. The molecule has 0 aliphatic heterocycles. The van der Waals surface area contributed by atoms with Crippen LogP contribution in [0.2, 0.25) is 0 Å². The average Bonchev–Trinajstić information content (AvgIpc) is 3.32. The van der Waals surface area contributed by atoms with Crippen LogP contribution in [0, 0.1) is 5.82 Å². The Kier molecular flexibility index (Phi) is 10.7. The Morgan fingerprint density at radius 3 is 2.37 bits per heavy atom. The molecule has 1 aromatic heterocycles. The van der Waals surface area contributed by atoms with Gasteiger partial charge in [-0.15, -0.1) is 0 Å². The number of aromatic nitrogens is 2. The molecule has 1 aliphatic rings. The zero-order valence-electron chi connectivity index (χ0n) is 23.2. The minimum Gasteiger partial charge on any atom is -0.481 e. The largest absolute Gasteiger partial charge is 0.481 e. The molecule has 1 aliphatic carbocycles. The van der Waals surface area contributed by atoms with Crippen LogP contribution in [0.25, 0.3) is 22.9 Å². The van der Waals surface area contributed by atoms with Crippen LogP contribution in [-0.4, -0.2) is 72.8 Å². The predicted molar refractivity (Wildman–Crippen MR) is 158 cm³/mol. The molecule has 1 radical (unpaired) electrons. The first-order chi connectivity index (χ1) is 19.4. The van der Waals surface area contributed by atoms with Gasteiger partial charge in [0.2, 0.25) is 0 Å². The first-order valence-electron chi connectivity index (χ1n) is 13.7. The van der Waals surface area contributed by atoms with E-state index in [9.17, 15) is 19.4 Å². The van der Waals surface area contributed by atoms with E-state index in [1.165, 1.54) is 28.8 Å². The molecule has 6 nitrogen and oxygen atoms in total. The van der Waals surface area contributed by atoms with Crippen LogP contribution < -0.4 is 0 Å². The number of rotatable bonds is 10. The van der Waals surface area contributed by atoms with Crippen molar-refractivity contribution in [3.8, 4) is 16.8 Å². The average molecular weight is 564 g/mol. The summed E-state index contributed by atoms with van der Waals surface area (Å²) in [5, 5.41) is 34.3. The number of aliphatic carboxylic acids is 1. The van der Waals surface area contributed by atoms with Gasteiger partial charge in [-0.2, -0.15) is 5.10 Å². The van der Waals surface area contributed by atoms with Crippen molar-refractivity contribution in [3.05, 3.63) is 113 Å². The molecule has 0 spiro atoms. The summed E-state index contributed by atoms with van der Waals surface area (Å²) in [5.41, 5.74) is 7.20. The first-order valence-corrected chi connectivity index (χ1v) is 13.7. The summed E-state index contributed by atoms with van der Waals surface area (Å²) in [4.78, 5) is 10.9. The fourth-order valence-electron chi connectivity index (χ4n) is 5.47. The van der Waals surface area contributed by atoms with Crippen molar-refractivity contribution in [1.29, 1.82) is 0 Å². The molecule has 0 fully saturated rings. The molecule has 8 heteroatoms. The van der Waals surface area contributed by atoms with E-state index in [0.29, 0.717) is 5.69 Å². The van der Waals surface area contributed by atoms with E-state index >= 15 is 0 Å². The Hall–Kier alpha value is -3.07. The SMILES string of the molecule is O=C(O)CC(O)CC(O)C=Cc1c2c(nn1-c1ccc(F)cc1)C(Cc1ccc(-c3ccccc3)cc1)CCC2.[Na]. The molecular weight excluding hydrogens is 530 g/mol. The van der Waals surface area contributed by atoms with Gasteiger partial charge < -0.3 is 15.3 Å².